The predicted octanol–water partition coefficient (Wildman–Crippen LogP) is 3.38. The van der Waals surface area contributed by atoms with E-state index in [1.54, 1.807) is 24.3 Å². The molecule has 0 N–H and O–H groups in total. The molecule has 30 heavy (non-hydrogen) atoms. The third kappa shape index (κ3) is 4.46. The van der Waals surface area contributed by atoms with Gasteiger partial charge in [-0.25, -0.2) is 9.78 Å². The van der Waals surface area contributed by atoms with Crippen molar-refractivity contribution in [1.82, 2.24) is 9.88 Å². The number of rotatable bonds is 6. The molecule has 0 radical (unpaired) electrons. The van der Waals surface area contributed by atoms with E-state index in [4.69, 9.17) is 4.74 Å². The van der Waals surface area contributed by atoms with Crippen molar-refractivity contribution in [2.75, 3.05) is 7.11 Å². The minimum Gasteiger partial charge on any atom is -0.467 e. The van der Waals surface area contributed by atoms with E-state index in [1.165, 1.54) is 32.2 Å². The molecule has 0 bridgehead atoms. The van der Waals surface area contributed by atoms with E-state index in [0.717, 1.165) is 22.9 Å². The van der Waals surface area contributed by atoms with Crippen LogP contribution in [-0.2, 0) is 14.3 Å². The molecule has 1 aromatic heterocycles. The summed E-state index contributed by atoms with van der Waals surface area (Å²) in [6, 6.07) is 8.22. The highest BCUT2D eigenvalue weighted by Crippen LogP contribution is 2.34. The SMILES string of the molecule is COC(=O)C(C)N1C(=O)S/C(=C\c2ccc(Oc3ccc([N+](=O)[O-])cn3)cc2)C1=O. The Hall–Kier alpha value is -3.73. The van der Waals surface area contributed by atoms with Gasteiger partial charge in [-0.15, -0.1) is 0 Å². The first-order valence-corrected chi connectivity index (χ1v) is 9.35. The summed E-state index contributed by atoms with van der Waals surface area (Å²) >= 11 is 0.738. The topological polar surface area (TPSA) is 129 Å². The molecule has 1 unspecified atom stereocenters. The van der Waals surface area contributed by atoms with Crippen molar-refractivity contribution in [3.63, 3.8) is 0 Å². The number of methoxy groups -OCH3 is 1. The number of carbonyl (C=O) groups excluding carboxylic acids is 3. The first-order valence-electron chi connectivity index (χ1n) is 8.53. The van der Waals surface area contributed by atoms with Crippen LogP contribution >= 0.6 is 11.8 Å². The minimum absolute atomic E-state index is 0.145. The molecule has 0 saturated carbocycles. The van der Waals surface area contributed by atoms with E-state index < -0.39 is 28.1 Å². The number of ether oxygens (including phenoxy) is 2. The third-order valence-corrected chi connectivity index (χ3v) is 4.97. The summed E-state index contributed by atoms with van der Waals surface area (Å²) in [5, 5.41) is 10.1. The lowest BCUT2D eigenvalue weighted by Crippen LogP contribution is -2.42. The van der Waals surface area contributed by atoms with Crippen LogP contribution in [0.4, 0.5) is 10.5 Å². The van der Waals surface area contributed by atoms with Gasteiger partial charge < -0.3 is 9.47 Å². The molecule has 10 nitrogen and oxygen atoms in total. The van der Waals surface area contributed by atoms with Crippen LogP contribution in [-0.4, -0.2) is 45.1 Å². The highest BCUT2D eigenvalue weighted by molar-refractivity contribution is 8.18. The lowest BCUT2D eigenvalue weighted by atomic mass is 10.2. The molecule has 1 atom stereocenters. The van der Waals surface area contributed by atoms with Crippen LogP contribution in [0.3, 0.4) is 0 Å². The first kappa shape index (κ1) is 21.0. The number of hydrogen-bond acceptors (Lipinski definition) is 9. The Balaban J connectivity index is 1.71. The number of aromatic nitrogens is 1. The van der Waals surface area contributed by atoms with Gasteiger partial charge in [0.05, 0.1) is 16.9 Å². The maximum absolute atomic E-state index is 12.5. The smallest absolute Gasteiger partial charge is 0.328 e. The van der Waals surface area contributed by atoms with Gasteiger partial charge in [0, 0.05) is 12.1 Å². The van der Waals surface area contributed by atoms with Crippen molar-refractivity contribution < 1.29 is 28.8 Å². The van der Waals surface area contributed by atoms with Gasteiger partial charge in [0.1, 0.15) is 18.0 Å². The van der Waals surface area contributed by atoms with Crippen molar-refractivity contribution in [1.29, 1.82) is 0 Å². The summed E-state index contributed by atoms with van der Waals surface area (Å²) in [5.41, 5.74) is 0.489. The zero-order valence-electron chi connectivity index (χ0n) is 15.8. The summed E-state index contributed by atoms with van der Waals surface area (Å²) < 4.78 is 10.1. The predicted molar refractivity (Wildman–Crippen MR) is 107 cm³/mol. The third-order valence-electron chi connectivity index (χ3n) is 4.08. The number of pyridine rings is 1. The van der Waals surface area contributed by atoms with E-state index in [1.807, 2.05) is 0 Å². The summed E-state index contributed by atoms with van der Waals surface area (Å²) in [5.74, 6) is -0.634. The van der Waals surface area contributed by atoms with E-state index in [0.29, 0.717) is 11.3 Å². The van der Waals surface area contributed by atoms with E-state index in [-0.39, 0.29) is 16.5 Å². The quantitative estimate of drug-likeness (QED) is 0.294. The summed E-state index contributed by atoms with van der Waals surface area (Å²) in [4.78, 5) is 51.3. The number of hydrogen-bond donors (Lipinski definition) is 0. The zero-order chi connectivity index (χ0) is 21.8. The number of carbonyl (C=O) groups is 3. The molecule has 1 saturated heterocycles. The Bertz CT molecular complexity index is 1040. The average Bonchev–Trinajstić information content (AvgIpc) is 3.01. The van der Waals surface area contributed by atoms with Crippen molar-refractivity contribution >= 4 is 40.6 Å². The lowest BCUT2D eigenvalue weighted by Gasteiger charge is -2.18. The maximum Gasteiger partial charge on any atom is 0.328 e. The molecule has 1 aliphatic rings. The lowest BCUT2D eigenvalue weighted by molar-refractivity contribution is -0.385. The minimum atomic E-state index is -1.02. The number of esters is 1. The Morgan fingerprint density at radius 3 is 2.50 bits per heavy atom. The molecule has 3 rings (SSSR count). The molecule has 2 amide bonds. The molecule has 1 aromatic carbocycles. The van der Waals surface area contributed by atoms with Gasteiger partial charge in [0.2, 0.25) is 5.88 Å². The van der Waals surface area contributed by atoms with Gasteiger partial charge in [0.15, 0.2) is 0 Å². The van der Waals surface area contributed by atoms with Gasteiger partial charge >= 0.3 is 5.97 Å². The van der Waals surface area contributed by atoms with Gasteiger partial charge in [-0.1, -0.05) is 12.1 Å². The molecular weight excluding hydrogens is 414 g/mol. The molecule has 11 heteroatoms. The van der Waals surface area contributed by atoms with Gasteiger partial charge in [-0.3, -0.25) is 24.6 Å². The Labute approximate surface area is 174 Å². The van der Waals surface area contributed by atoms with E-state index in [2.05, 4.69) is 9.72 Å². The van der Waals surface area contributed by atoms with Crippen molar-refractivity contribution in [2.24, 2.45) is 0 Å². The van der Waals surface area contributed by atoms with Crippen molar-refractivity contribution in [2.45, 2.75) is 13.0 Å². The molecule has 1 aliphatic heterocycles. The largest absolute Gasteiger partial charge is 0.467 e. The van der Waals surface area contributed by atoms with Crippen LogP contribution < -0.4 is 4.74 Å². The molecular formula is C19H15N3O7S. The fourth-order valence-corrected chi connectivity index (χ4v) is 3.44. The molecule has 1 fully saturated rings. The number of imide groups is 1. The highest BCUT2D eigenvalue weighted by Gasteiger charge is 2.41. The van der Waals surface area contributed by atoms with Gasteiger partial charge in [-0.05, 0) is 42.5 Å². The standard InChI is InChI=1S/C19H15N3O7S/c1-11(18(24)28-2)21-17(23)15(30-19(21)25)9-12-3-6-14(7-4-12)29-16-8-5-13(10-20-16)22(26)27/h3-11H,1-2H3/b15-9-. The number of nitro groups is 1. The Morgan fingerprint density at radius 1 is 1.23 bits per heavy atom. The van der Waals surface area contributed by atoms with Crippen molar-refractivity contribution in [3.8, 4) is 11.6 Å². The molecule has 2 aromatic rings. The number of amides is 2. The number of thioether (sulfide) groups is 1. The fraction of sp³-hybridized carbons (Fsp3) is 0.158. The first-order chi connectivity index (χ1) is 14.3. The number of nitrogens with zero attached hydrogens (tertiary/aromatic N) is 3. The molecule has 154 valence electrons. The summed E-state index contributed by atoms with van der Waals surface area (Å²) in [6.07, 6.45) is 2.62. The highest BCUT2D eigenvalue weighted by atomic mass is 32.2. The zero-order valence-corrected chi connectivity index (χ0v) is 16.6. The van der Waals surface area contributed by atoms with Gasteiger partial charge in [-0.2, -0.15) is 0 Å². The number of benzene rings is 1. The van der Waals surface area contributed by atoms with E-state index >= 15 is 0 Å². The van der Waals surface area contributed by atoms with Crippen LogP contribution in [0.2, 0.25) is 0 Å². The van der Waals surface area contributed by atoms with Crippen LogP contribution in [0.1, 0.15) is 12.5 Å². The normalized spacial score (nSPS) is 15.9. The maximum atomic E-state index is 12.5. The second-order valence-electron chi connectivity index (χ2n) is 6.03. The van der Waals surface area contributed by atoms with Gasteiger partial charge in [0.25, 0.3) is 16.8 Å². The van der Waals surface area contributed by atoms with E-state index in [9.17, 15) is 24.5 Å². The van der Waals surface area contributed by atoms with Crippen LogP contribution in [0.15, 0.2) is 47.5 Å². The second-order valence-corrected chi connectivity index (χ2v) is 7.03. The summed E-state index contributed by atoms with van der Waals surface area (Å²) in [7, 11) is 1.18. The second kappa shape index (κ2) is 8.74. The molecule has 2 heterocycles. The van der Waals surface area contributed by atoms with Crippen LogP contribution in [0, 0.1) is 10.1 Å². The molecule has 0 aliphatic carbocycles. The fourth-order valence-electron chi connectivity index (χ4n) is 2.53. The molecule has 0 spiro atoms. The van der Waals surface area contributed by atoms with Crippen LogP contribution in [0.25, 0.3) is 6.08 Å². The monoisotopic (exact) mass is 429 g/mol. The summed E-state index contributed by atoms with van der Waals surface area (Å²) in [6.45, 7) is 1.42. The van der Waals surface area contributed by atoms with Crippen molar-refractivity contribution in [3.05, 3.63) is 63.2 Å². The average molecular weight is 429 g/mol. The Kier molecular flexibility index (Phi) is 6.11. The Morgan fingerprint density at radius 2 is 1.93 bits per heavy atom. The van der Waals surface area contributed by atoms with Crippen LogP contribution in [0.5, 0.6) is 11.6 Å².